The van der Waals surface area contributed by atoms with Crippen LogP contribution in [0.5, 0.6) is 0 Å². The van der Waals surface area contributed by atoms with Crippen LogP contribution < -0.4 is 11.1 Å². The SMILES string of the molecule is Cc1cnc(Nc2cccc3ccccc23)cc1N. The number of anilines is 3. The Morgan fingerprint density at radius 3 is 2.68 bits per heavy atom. The van der Waals surface area contributed by atoms with E-state index in [9.17, 15) is 0 Å². The lowest BCUT2D eigenvalue weighted by atomic mass is 10.1. The Bertz CT molecular complexity index is 730. The molecule has 0 unspecified atom stereocenters. The molecule has 0 aliphatic heterocycles. The van der Waals surface area contributed by atoms with E-state index in [0.29, 0.717) is 0 Å². The summed E-state index contributed by atoms with van der Waals surface area (Å²) in [6.07, 6.45) is 1.78. The molecule has 19 heavy (non-hydrogen) atoms. The number of nitrogen functional groups attached to an aromatic ring is 1. The molecule has 0 saturated carbocycles. The van der Waals surface area contributed by atoms with Gasteiger partial charge in [-0.25, -0.2) is 4.98 Å². The summed E-state index contributed by atoms with van der Waals surface area (Å²) in [7, 11) is 0. The van der Waals surface area contributed by atoms with Crippen molar-refractivity contribution in [2.24, 2.45) is 0 Å². The van der Waals surface area contributed by atoms with Crippen LogP contribution >= 0.6 is 0 Å². The maximum absolute atomic E-state index is 5.91. The van der Waals surface area contributed by atoms with E-state index in [4.69, 9.17) is 5.73 Å². The summed E-state index contributed by atoms with van der Waals surface area (Å²) in [6.45, 7) is 1.95. The Morgan fingerprint density at radius 1 is 1.05 bits per heavy atom. The monoisotopic (exact) mass is 249 g/mol. The molecule has 1 heterocycles. The first-order valence-electron chi connectivity index (χ1n) is 6.21. The van der Waals surface area contributed by atoms with Crippen LogP contribution in [0.2, 0.25) is 0 Å². The van der Waals surface area contributed by atoms with Gasteiger partial charge in [-0.3, -0.25) is 0 Å². The number of nitrogens with zero attached hydrogens (tertiary/aromatic N) is 1. The van der Waals surface area contributed by atoms with Crippen molar-refractivity contribution >= 4 is 28.0 Å². The maximum Gasteiger partial charge on any atom is 0.132 e. The second-order valence-electron chi connectivity index (χ2n) is 4.58. The van der Waals surface area contributed by atoms with E-state index in [1.807, 2.05) is 37.3 Å². The summed E-state index contributed by atoms with van der Waals surface area (Å²) in [5.41, 5.74) is 8.68. The highest BCUT2D eigenvalue weighted by Gasteiger charge is 2.02. The van der Waals surface area contributed by atoms with E-state index in [0.717, 1.165) is 22.8 Å². The van der Waals surface area contributed by atoms with Crippen LogP contribution in [0, 0.1) is 6.92 Å². The number of nitrogens with one attached hydrogen (secondary N) is 1. The Morgan fingerprint density at radius 2 is 1.84 bits per heavy atom. The molecular formula is C16H15N3. The van der Waals surface area contributed by atoms with Gasteiger partial charge < -0.3 is 11.1 Å². The summed E-state index contributed by atoms with van der Waals surface area (Å²) in [5, 5.41) is 5.70. The van der Waals surface area contributed by atoms with Gasteiger partial charge in [-0.2, -0.15) is 0 Å². The van der Waals surface area contributed by atoms with Gasteiger partial charge in [0.15, 0.2) is 0 Å². The van der Waals surface area contributed by atoms with Crippen LogP contribution in [0.4, 0.5) is 17.2 Å². The fraction of sp³-hybridized carbons (Fsp3) is 0.0625. The van der Waals surface area contributed by atoms with Crippen LogP contribution in [-0.2, 0) is 0 Å². The highest BCUT2D eigenvalue weighted by molar-refractivity contribution is 5.95. The molecule has 0 fully saturated rings. The van der Waals surface area contributed by atoms with E-state index < -0.39 is 0 Å². The quantitative estimate of drug-likeness (QED) is 0.725. The normalized spacial score (nSPS) is 10.6. The zero-order valence-corrected chi connectivity index (χ0v) is 10.7. The van der Waals surface area contributed by atoms with Gasteiger partial charge in [-0.1, -0.05) is 36.4 Å². The van der Waals surface area contributed by atoms with E-state index in [1.165, 1.54) is 10.8 Å². The van der Waals surface area contributed by atoms with Gasteiger partial charge in [-0.05, 0) is 23.9 Å². The number of aryl methyl sites for hydroxylation is 1. The van der Waals surface area contributed by atoms with Crippen LogP contribution in [-0.4, -0.2) is 4.98 Å². The largest absolute Gasteiger partial charge is 0.398 e. The molecule has 0 aliphatic carbocycles. The van der Waals surface area contributed by atoms with Crippen LogP contribution in [0.15, 0.2) is 54.7 Å². The highest BCUT2D eigenvalue weighted by Crippen LogP contribution is 2.26. The molecule has 0 atom stereocenters. The number of aromatic nitrogens is 1. The van der Waals surface area contributed by atoms with Crippen molar-refractivity contribution in [2.45, 2.75) is 6.92 Å². The van der Waals surface area contributed by atoms with Crippen molar-refractivity contribution in [2.75, 3.05) is 11.1 Å². The molecule has 1 aromatic heterocycles. The van der Waals surface area contributed by atoms with Crippen molar-refractivity contribution < 1.29 is 0 Å². The molecule has 94 valence electrons. The first kappa shape index (κ1) is 11.5. The summed E-state index contributed by atoms with van der Waals surface area (Å²) in [5.74, 6) is 0.763. The lowest BCUT2D eigenvalue weighted by Crippen LogP contribution is -1.97. The Hall–Kier alpha value is -2.55. The molecule has 3 heteroatoms. The number of pyridine rings is 1. The van der Waals surface area contributed by atoms with Gasteiger partial charge in [-0.15, -0.1) is 0 Å². The number of rotatable bonds is 2. The minimum absolute atomic E-state index is 0.748. The van der Waals surface area contributed by atoms with E-state index >= 15 is 0 Å². The number of fused-ring (bicyclic) bond motifs is 1. The van der Waals surface area contributed by atoms with E-state index in [2.05, 4.69) is 28.5 Å². The molecule has 3 rings (SSSR count). The molecule has 0 bridgehead atoms. The summed E-state index contributed by atoms with van der Waals surface area (Å²) >= 11 is 0. The molecule has 3 aromatic rings. The van der Waals surface area contributed by atoms with Crippen LogP contribution in [0.1, 0.15) is 5.56 Å². The smallest absolute Gasteiger partial charge is 0.132 e. The van der Waals surface area contributed by atoms with E-state index in [1.54, 1.807) is 6.20 Å². The molecule has 2 aromatic carbocycles. The maximum atomic E-state index is 5.91. The second kappa shape index (κ2) is 4.61. The Kier molecular flexibility index (Phi) is 2.80. The minimum atomic E-state index is 0.748. The lowest BCUT2D eigenvalue weighted by Gasteiger charge is -2.10. The number of nitrogens with two attached hydrogens (primary N) is 1. The fourth-order valence-electron chi connectivity index (χ4n) is 2.08. The lowest BCUT2D eigenvalue weighted by molar-refractivity contribution is 1.26. The molecule has 0 radical (unpaired) electrons. The predicted octanol–water partition coefficient (Wildman–Crippen LogP) is 3.87. The van der Waals surface area contributed by atoms with Gasteiger partial charge in [0, 0.05) is 29.0 Å². The van der Waals surface area contributed by atoms with Gasteiger partial charge in [0.2, 0.25) is 0 Å². The van der Waals surface area contributed by atoms with Crippen molar-refractivity contribution in [1.29, 1.82) is 0 Å². The molecular weight excluding hydrogens is 234 g/mol. The third-order valence-corrected chi connectivity index (χ3v) is 3.20. The molecule has 3 nitrogen and oxygen atoms in total. The van der Waals surface area contributed by atoms with Crippen LogP contribution in [0.3, 0.4) is 0 Å². The van der Waals surface area contributed by atoms with Gasteiger partial charge in [0.1, 0.15) is 5.82 Å². The van der Waals surface area contributed by atoms with Gasteiger partial charge in [0.25, 0.3) is 0 Å². The summed E-state index contributed by atoms with van der Waals surface area (Å²) in [4.78, 5) is 4.35. The summed E-state index contributed by atoms with van der Waals surface area (Å²) < 4.78 is 0. The molecule has 3 N–H and O–H groups in total. The van der Waals surface area contributed by atoms with Crippen molar-refractivity contribution in [3.8, 4) is 0 Å². The Balaban J connectivity index is 2.03. The first-order chi connectivity index (χ1) is 9.24. The Labute approximate surface area is 112 Å². The number of hydrogen-bond acceptors (Lipinski definition) is 3. The molecule has 0 spiro atoms. The number of benzene rings is 2. The second-order valence-corrected chi connectivity index (χ2v) is 4.58. The molecule has 0 amide bonds. The third-order valence-electron chi connectivity index (χ3n) is 3.20. The average Bonchev–Trinajstić information content (AvgIpc) is 2.43. The zero-order valence-electron chi connectivity index (χ0n) is 10.7. The predicted molar refractivity (Wildman–Crippen MR) is 80.6 cm³/mol. The number of hydrogen-bond donors (Lipinski definition) is 2. The third kappa shape index (κ3) is 2.22. The minimum Gasteiger partial charge on any atom is -0.398 e. The zero-order chi connectivity index (χ0) is 13.2. The van der Waals surface area contributed by atoms with Gasteiger partial charge in [0.05, 0.1) is 0 Å². The standard InChI is InChI=1S/C16H15N3/c1-11-10-18-16(9-14(11)17)19-15-8-4-6-12-5-2-3-7-13(12)15/h2-10H,1H3,(H3,17,18,19). The topological polar surface area (TPSA) is 50.9 Å². The van der Waals surface area contributed by atoms with Crippen molar-refractivity contribution in [3.05, 3.63) is 60.3 Å². The first-order valence-corrected chi connectivity index (χ1v) is 6.21. The van der Waals surface area contributed by atoms with Crippen molar-refractivity contribution in [3.63, 3.8) is 0 Å². The van der Waals surface area contributed by atoms with Crippen molar-refractivity contribution in [1.82, 2.24) is 4.98 Å². The average molecular weight is 249 g/mol. The molecule has 0 saturated heterocycles. The summed E-state index contributed by atoms with van der Waals surface area (Å²) in [6, 6.07) is 16.3. The van der Waals surface area contributed by atoms with E-state index in [-0.39, 0.29) is 0 Å². The molecule has 0 aliphatic rings. The highest BCUT2D eigenvalue weighted by atomic mass is 15.0. The van der Waals surface area contributed by atoms with Gasteiger partial charge >= 0.3 is 0 Å². The fourth-order valence-corrected chi connectivity index (χ4v) is 2.08. The van der Waals surface area contributed by atoms with Crippen LogP contribution in [0.25, 0.3) is 10.8 Å².